The smallest absolute Gasteiger partial charge is 0.280 e. The maximum Gasteiger partial charge on any atom is 0.280 e. The highest BCUT2D eigenvalue weighted by Crippen LogP contribution is 2.05. The minimum absolute atomic E-state index is 0.0464. The van der Waals surface area contributed by atoms with Crippen molar-refractivity contribution in [2.24, 2.45) is 5.16 Å². The molecule has 0 radical (unpaired) electrons. The first-order chi connectivity index (χ1) is 8.22. The van der Waals surface area contributed by atoms with E-state index in [0.717, 1.165) is 0 Å². The van der Waals surface area contributed by atoms with E-state index in [0.29, 0.717) is 12.2 Å². The molecule has 0 saturated heterocycles. The molecule has 0 atom stereocenters. The molecular weight excluding hydrogens is 224 g/mol. The van der Waals surface area contributed by atoms with Crippen LogP contribution in [0.2, 0.25) is 0 Å². The van der Waals surface area contributed by atoms with Gasteiger partial charge in [0.25, 0.3) is 5.56 Å². The van der Waals surface area contributed by atoms with E-state index in [-0.39, 0.29) is 17.0 Å². The number of aromatic amines is 1. The van der Waals surface area contributed by atoms with Crippen molar-refractivity contribution < 1.29 is 5.21 Å². The number of rotatable bonds is 3. The third-order valence-corrected chi connectivity index (χ3v) is 2.08. The fourth-order valence-electron chi connectivity index (χ4n) is 1.38. The Hall–Kier alpha value is -2.64. The first-order valence-corrected chi connectivity index (χ1v) is 4.75. The Labute approximate surface area is 95.1 Å². The lowest BCUT2D eigenvalue weighted by atomic mass is 10.5. The Morgan fingerprint density at radius 1 is 1.65 bits per heavy atom. The lowest BCUT2D eigenvalue weighted by molar-refractivity contribution is 0.322. The minimum Gasteiger partial charge on any atom is -0.411 e. The summed E-state index contributed by atoms with van der Waals surface area (Å²) in [6.07, 6.45) is 6.00. The fraction of sp³-hybridized carbons (Fsp3) is 0.111. The molecule has 2 heterocycles. The van der Waals surface area contributed by atoms with Gasteiger partial charge < -0.3 is 15.5 Å². The van der Waals surface area contributed by atoms with Gasteiger partial charge in [-0.25, -0.2) is 4.98 Å². The molecule has 2 aromatic heterocycles. The van der Waals surface area contributed by atoms with Crippen LogP contribution in [-0.2, 0) is 6.54 Å². The molecule has 2 rings (SSSR count). The van der Waals surface area contributed by atoms with Crippen LogP contribution >= 0.6 is 0 Å². The van der Waals surface area contributed by atoms with E-state index in [1.165, 1.54) is 12.5 Å². The van der Waals surface area contributed by atoms with Crippen LogP contribution in [0.4, 0.5) is 5.95 Å². The second kappa shape index (κ2) is 4.47. The molecule has 0 amide bonds. The van der Waals surface area contributed by atoms with Gasteiger partial charge in [-0.2, -0.15) is 4.98 Å². The Kier molecular flexibility index (Phi) is 2.86. The summed E-state index contributed by atoms with van der Waals surface area (Å²) in [5, 5.41) is 11.0. The summed E-state index contributed by atoms with van der Waals surface area (Å²) in [4.78, 5) is 21.8. The van der Waals surface area contributed by atoms with E-state index < -0.39 is 0 Å². The minimum atomic E-state index is -0.368. The van der Waals surface area contributed by atoms with Crippen molar-refractivity contribution in [3.05, 3.63) is 28.8 Å². The van der Waals surface area contributed by atoms with E-state index in [9.17, 15) is 4.79 Å². The molecule has 2 aromatic rings. The van der Waals surface area contributed by atoms with E-state index in [1.54, 1.807) is 16.7 Å². The highest BCUT2D eigenvalue weighted by atomic mass is 16.4. The lowest BCUT2D eigenvalue weighted by Gasteiger charge is -1.98. The number of fused-ring (bicyclic) bond motifs is 1. The van der Waals surface area contributed by atoms with E-state index in [2.05, 4.69) is 20.1 Å². The number of oxime groups is 1. The molecule has 0 unspecified atom stereocenters. The quantitative estimate of drug-likeness (QED) is 0.383. The fourth-order valence-corrected chi connectivity index (χ4v) is 1.38. The molecule has 8 heteroatoms. The summed E-state index contributed by atoms with van der Waals surface area (Å²) in [7, 11) is 0. The third-order valence-electron chi connectivity index (χ3n) is 2.08. The molecule has 4 N–H and O–H groups in total. The normalized spacial score (nSPS) is 12.0. The lowest BCUT2D eigenvalue weighted by Crippen LogP contribution is -2.12. The van der Waals surface area contributed by atoms with Gasteiger partial charge in [-0.05, 0) is 6.08 Å². The van der Waals surface area contributed by atoms with Crippen molar-refractivity contribution in [2.75, 3.05) is 5.73 Å². The van der Waals surface area contributed by atoms with Crippen LogP contribution in [0.25, 0.3) is 11.2 Å². The van der Waals surface area contributed by atoms with Crippen LogP contribution in [-0.4, -0.2) is 30.9 Å². The summed E-state index contributed by atoms with van der Waals surface area (Å²) >= 11 is 0. The van der Waals surface area contributed by atoms with Crippen molar-refractivity contribution >= 4 is 23.3 Å². The standard InChI is InChI=1S/C9H10N6O2/c10-9-13-7-6(8(16)14-9)11-5-15(7)4-2-1-3-12-17/h1-3,5,17H,4H2,(H3,10,13,14,16). The van der Waals surface area contributed by atoms with E-state index in [1.807, 2.05) is 0 Å². The van der Waals surface area contributed by atoms with Gasteiger partial charge in [0, 0.05) is 6.54 Å². The number of anilines is 1. The maximum absolute atomic E-state index is 11.5. The van der Waals surface area contributed by atoms with Crippen LogP contribution in [0, 0.1) is 0 Å². The second-order valence-corrected chi connectivity index (χ2v) is 3.21. The number of allylic oxidation sites excluding steroid dienone is 2. The van der Waals surface area contributed by atoms with Crippen molar-refractivity contribution in [3.63, 3.8) is 0 Å². The molecule has 88 valence electrons. The van der Waals surface area contributed by atoms with Crippen LogP contribution in [0.15, 0.2) is 28.4 Å². The molecule has 0 aliphatic heterocycles. The van der Waals surface area contributed by atoms with E-state index >= 15 is 0 Å². The number of nitrogens with one attached hydrogen (secondary N) is 1. The zero-order valence-corrected chi connectivity index (χ0v) is 8.74. The van der Waals surface area contributed by atoms with Crippen molar-refractivity contribution in [3.8, 4) is 0 Å². The zero-order chi connectivity index (χ0) is 12.3. The first-order valence-electron chi connectivity index (χ1n) is 4.75. The molecule has 0 aromatic carbocycles. The van der Waals surface area contributed by atoms with Gasteiger partial charge in [-0.15, -0.1) is 0 Å². The summed E-state index contributed by atoms with van der Waals surface area (Å²) < 4.78 is 1.66. The number of hydrogen-bond donors (Lipinski definition) is 3. The monoisotopic (exact) mass is 234 g/mol. The van der Waals surface area contributed by atoms with Crippen LogP contribution in [0.1, 0.15) is 0 Å². The molecule has 8 nitrogen and oxygen atoms in total. The summed E-state index contributed by atoms with van der Waals surface area (Å²) in [6.45, 7) is 0.443. The highest BCUT2D eigenvalue weighted by molar-refractivity contribution is 5.71. The zero-order valence-electron chi connectivity index (χ0n) is 8.74. The van der Waals surface area contributed by atoms with Crippen LogP contribution in [0.3, 0.4) is 0 Å². The molecule has 0 bridgehead atoms. The van der Waals surface area contributed by atoms with Gasteiger partial charge in [-0.1, -0.05) is 11.2 Å². The molecule has 0 aliphatic carbocycles. The van der Waals surface area contributed by atoms with Gasteiger partial charge in [0.05, 0.1) is 12.5 Å². The highest BCUT2D eigenvalue weighted by Gasteiger charge is 2.07. The molecule has 0 aliphatic rings. The molecular formula is C9H10N6O2. The van der Waals surface area contributed by atoms with Gasteiger partial charge in [-0.3, -0.25) is 9.78 Å². The topological polar surface area (TPSA) is 122 Å². The average molecular weight is 234 g/mol. The Balaban J connectivity index is 2.39. The Bertz CT molecular complexity index is 638. The van der Waals surface area contributed by atoms with Gasteiger partial charge in [0.1, 0.15) is 0 Å². The molecule has 0 fully saturated rings. The summed E-state index contributed by atoms with van der Waals surface area (Å²) in [5.74, 6) is 0.0464. The molecule has 17 heavy (non-hydrogen) atoms. The van der Waals surface area contributed by atoms with E-state index in [4.69, 9.17) is 10.9 Å². The summed E-state index contributed by atoms with van der Waals surface area (Å²) in [5.41, 5.74) is 5.73. The van der Waals surface area contributed by atoms with Crippen LogP contribution in [0.5, 0.6) is 0 Å². The number of nitrogens with two attached hydrogens (primary N) is 1. The number of imidazole rings is 1. The second-order valence-electron chi connectivity index (χ2n) is 3.21. The Morgan fingerprint density at radius 3 is 3.24 bits per heavy atom. The number of H-pyrrole nitrogens is 1. The molecule has 0 saturated carbocycles. The third kappa shape index (κ3) is 2.14. The number of nitrogen functional groups attached to an aromatic ring is 1. The Morgan fingerprint density at radius 2 is 2.47 bits per heavy atom. The molecule has 0 spiro atoms. The van der Waals surface area contributed by atoms with Crippen molar-refractivity contribution in [2.45, 2.75) is 6.54 Å². The van der Waals surface area contributed by atoms with Gasteiger partial charge in [0.2, 0.25) is 5.95 Å². The summed E-state index contributed by atoms with van der Waals surface area (Å²) in [6, 6.07) is 0. The number of aromatic nitrogens is 4. The van der Waals surface area contributed by atoms with Gasteiger partial charge in [0.15, 0.2) is 11.2 Å². The first kappa shape index (κ1) is 10.9. The van der Waals surface area contributed by atoms with Crippen LogP contribution < -0.4 is 11.3 Å². The predicted octanol–water partition coefficient (Wildman–Crippen LogP) is -0.282. The largest absolute Gasteiger partial charge is 0.411 e. The number of hydrogen-bond acceptors (Lipinski definition) is 6. The average Bonchev–Trinajstić information content (AvgIpc) is 2.68. The predicted molar refractivity (Wildman–Crippen MR) is 62.0 cm³/mol. The van der Waals surface area contributed by atoms with Crippen molar-refractivity contribution in [1.82, 2.24) is 19.5 Å². The maximum atomic E-state index is 11.5. The number of nitrogens with zero attached hydrogens (tertiary/aromatic N) is 4. The SMILES string of the molecule is Nc1nc2c(ncn2CC=CC=NO)c(=O)[nH]1. The van der Waals surface area contributed by atoms with Crippen molar-refractivity contribution in [1.29, 1.82) is 0 Å². The van der Waals surface area contributed by atoms with Gasteiger partial charge >= 0.3 is 0 Å².